The molecule has 0 atom stereocenters. The first-order chi connectivity index (χ1) is 16.8. The minimum absolute atomic E-state index is 0.0673. The summed E-state index contributed by atoms with van der Waals surface area (Å²) < 4.78 is 0. The molecule has 2 N–H and O–H groups in total. The van der Waals surface area contributed by atoms with Gasteiger partial charge in [0.2, 0.25) is 0 Å². The van der Waals surface area contributed by atoms with E-state index in [2.05, 4.69) is 38.3 Å². The topological polar surface area (TPSA) is 58.2 Å². The highest BCUT2D eigenvalue weighted by atomic mass is 16.2. The molecule has 4 heteroatoms. The summed E-state index contributed by atoms with van der Waals surface area (Å²) in [6.07, 6.45) is 10.5. The number of carbonyl (C=O) groups is 2. The van der Waals surface area contributed by atoms with E-state index in [9.17, 15) is 9.59 Å². The van der Waals surface area contributed by atoms with Crippen LogP contribution in [-0.4, -0.2) is 23.9 Å². The zero-order chi connectivity index (χ0) is 24.9. The van der Waals surface area contributed by atoms with Gasteiger partial charge in [-0.25, -0.2) is 0 Å². The molecular formula is C31H42N2O2. The number of aryl methyl sites for hydroxylation is 4. The Hall–Kier alpha value is -2.62. The van der Waals surface area contributed by atoms with Crippen molar-refractivity contribution in [1.82, 2.24) is 10.6 Å². The lowest BCUT2D eigenvalue weighted by Crippen LogP contribution is -2.39. The van der Waals surface area contributed by atoms with Gasteiger partial charge in [0.1, 0.15) is 0 Å². The van der Waals surface area contributed by atoms with Gasteiger partial charge in [-0.2, -0.15) is 0 Å². The fourth-order valence-corrected chi connectivity index (χ4v) is 5.86. The zero-order valence-corrected chi connectivity index (χ0v) is 22.0. The van der Waals surface area contributed by atoms with E-state index in [4.69, 9.17) is 0 Å². The summed E-state index contributed by atoms with van der Waals surface area (Å²) in [7, 11) is 0. The number of nitrogens with one attached hydrogen (secondary N) is 2. The minimum atomic E-state index is 0.0673. The van der Waals surface area contributed by atoms with E-state index in [0.717, 1.165) is 48.6 Å². The van der Waals surface area contributed by atoms with Crippen LogP contribution in [0.4, 0.5) is 0 Å². The molecule has 4 rings (SSSR count). The third-order valence-corrected chi connectivity index (χ3v) is 8.57. The standard InChI is InChI=1S/C31H42N2O2/c1-20-5-11-26(17-22(20)3)30(34)32-28-13-7-24(8-14-28)19-25-9-15-29(16-10-25)33-31(35)27-12-6-21(2)23(4)18-27/h5-6,11-12,17-18,24-25,28-29H,7-10,13-16,19H2,1-4H3,(H,32,34)(H,33,35). The van der Waals surface area contributed by atoms with Gasteiger partial charge in [-0.3, -0.25) is 9.59 Å². The summed E-state index contributed by atoms with van der Waals surface area (Å²) >= 11 is 0. The first kappa shape index (κ1) is 25.5. The largest absolute Gasteiger partial charge is 0.349 e. The molecule has 35 heavy (non-hydrogen) atoms. The first-order valence-electron chi connectivity index (χ1n) is 13.5. The molecule has 2 aromatic carbocycles. The second-order valence-electron chi connectivity index (χ2n) is 11.2. The molecule has 0 aromatic heterocycles. The molecule has 0 saturated heterocycles. The van der Waals surface area contributed by atoms with Crippen molar-refractivity contribution in [3.63, 3.8) is 0 Å². The van der Waals surface area contributed by atoms with Gasteiger partial charge < -0.3 is 10.6 Å². The van der Waals surface area contributed by atoms with E-state index in [1.54, 1.807) is 0 Å². The van der Waals surface area contributed by atoms with Crippen LogP contribution in [-0.2, 0) is 0 Å². The summed E-state index contributed by atoms with van der Waals surface area (Å²) in [6.45, 7) is 8.27. The van der Waals surface area contributed by atoms with E-state index < -0.39 is 0 Å². The molecule has 4 nitrogen and oxygen atoms in total. The molecule has 2 saturated carbocycles. The fourth-order valence-electron chi connectivity index (χ4n) is 5.86. The monoisotopic (exact) mass is 474 g/mol. The third-order valence-electron chi connectivity index (χ3n) is 8.57. The zero-order valence-electron chi connectivity index (χ0n) is 22.0. The van der Waals surface area contributed by atoms with Crippen LogP contribution in [0.1, 0.15) is 101 Å². The lowest BCUT2D eigenvalue weighted by Gasteiger charge is -2.34. The van der Waals surface area contributed by atoms with Gasteiger partial charge in [-0.1, -0.05) is 12.1 Å². The number of rotatable bonds is 6. The van der Waals surface area contributed by atoms with Crippen molar-refractivity contribution in [3.8, 4) is 0 Å². The van der Waals surface area contributed by atoms with Gasteiger partial charge in [0.05, 0.1) is 0 Å². The number of carbonyl (C=O) groups excluding carboxylic acids is 2. The second-order valence-corrected chi connectivity index (χ2v) is 11.2. The SMILES string of the molecule is Cc1ccc(C(=O)NC2CCC(CC3CCC(NC(=O)c4ccc(C)c(C)c4)CC3)CC2)cc1C. The number of hydrogen-bond donors (Lipinski definition) is 2. The van der Waals surface area contributed by atoms with Crippen LogP contribution < -0.4 is 10.6 Å². The molecule has 188 valence electrons. The Morgan fingerprint density at radius 2 is 0.971 bits per heavy atom. The van der Waals surface area contributed by atoms with Gasteiger partial charge >= 0.3 is 0 Å². The van der Waals surface area contributed by atoms with Gasteiger partial charge in [0, 0.05) is 23.2 Å². The van der Waals surface area contributed by atoms with Crippen LogP contribution in [0.15, 0.2) is 36.4 Å². The molecule has 2 aliphatic carbocycles. The van der Waals surface area contributed by atoms with E-state index >= 15 is 0 Å². The Labute approximate surface area is 211 Å². The van der Waals surface area contributed by atoms with E-state index in [1.807, 2.05) is 36.4 Å². The minimum Gasteiger partial charge on any atom is -0.349 e. The highest BCUT2D eigenvalue weighted by molar-refractivity contribution is 5.95. The van der Waals surface area contributed by atoms with Crippen molar-refractivity contribution >= 4 is 11.8 Å². The molecule has 2 amide bonds. The molecular weight excluding hydrogens is 432 g/mol. The summed E-state index contributed by atoms with van der Waals surface area (Å²) in [6, 6.07) is 12.5. The normalized spacial score (nSPS) is 24.6. The molecule has 0 heterocycles. The lowest BCUT2D eigenvalue weighted by atomic mass is 9.75. The maximum Gasteiger partial charge on any atom is 0.251 e. The van der Waals surface area contributed by atoms with E-state index in [0.29, 0.717) is 12.1 Å². The van der Waals surface area contributed by atoms with Crippen LogP contribution in [0.3, 0.4) is 0 Å². The van der Waals surface area contributed by atoms with Crippen molar-refractivity contribution in [2.45, 2.75) is 97.6 Å². The third kappa shape index (κ3) is 6.74. The Kier molecular flexibility index (Phi) is 8.30. The average Bonchev–Trinajstić information content (AvgIpc) is 2.85. The van der Waals surface area contributed by atoms with Gasteiger partial charge in [-0.05, 0) is 144 Å². The average molecular weight is 475 g/mol. The summed E-state index contributed by atoms with van der Waals surface area (Å²) in [5.74, 6) is 1.68. The van der Waals surface area contributed by atoms with Gasteiger partial charge in [-0.15, -0.1) is 0 Å². The summed E-state index contributed by atoms with van der Waals surface area (Å²) in [5, 5.41) is 6.54. The lowest BCUT2D eigenvalue weighted by molar-refractivity contribution is 0.0917. The molecule has 2 aliphatic rings. The van der Waals surface area contributed by atoms with Crippen molar-refractivity contribution in [2.75, 3.05) is 0 Å². The van der Waals surface area contributed by atoms with Crippen molar-refractivity contribution < 1.29 is 9.59 Å². The van der Waals surface area contributed by atoms with Gasteiger partial charge in [0.15, 0.2) is 0 Å². The Bertz CT molecular complexity index is 960. The second kappa shape index (κ2) is 11.4. The highest BCUT2D eigenvalue weighted by Crippen LogP contribution is 2.35. The smallest absolute Gasteiger partial charge is 0.251 e. The Balaban J connectivity index is 1.16. The van der Waals surface area contributed by atoms with Crippen molar-refractivity contribution in [1.29, 1.82) is 0 Å². The van der Waals surface area contributed by atoms with Crippen LogP contribution in [0.2, 0.25) is 0 Å². The number of hydrogen-bond acceptors (Lipinski definition) is 2. The van der Waals surface area contributed by atoms with Crippen molar-refractivity contribution in [3.05, 3.63) is 69.8 Å². The van der Waals surface area contributed by atoms with Gasteiger partial charge in [0.25, 0.3) is 11.8 Å². The predicted octanol–water partition coefficient (Wildman–Crippen LogP) is 6.59. The van der Waals surface area contributed by atoms with Crippen molar-refractivity contribution in [2.24, 2.45) is 11.8 Å². The molecule has 0 aliphatic heterocycles. The molecule has 2 aromatic rings. The molecule has 0 spiro atoms. The number of amides is 2. The summed E-state index contributed by atoms with van der Waals surface area (Å²) in [4.78, 5) is 25.3. The molecule has 0 radical (unpaired) electrons. The highest BCUT2D eigenvalue weighted by Gasteiger charge is 2.28. The van der Waals surface area contributed by atoms with Crippen LogP contribution >= 0.6 is 0 Å². The molecule has 0 bridgehead atoms. The van der Waals surface area contributed by atoms with Crippen LogP contribution in [0.25, 0.3) is 0 Å². The maximum atomic E-state index is 12.7. The predicted molar refractivity (Wildman–Crippen MR) is 143 cm³/mol. The molecule has 2 fully saturated rings. The Morgan fingerprint density at radius 3 is 1.31 bits per heavy atom. The molecule has 0 unspecified atom stereocenters. The fraction of sp³-hybridized carbons (Fsp3) is 0.548. The van der Waals surface area contributed by atoms with Crippen LogP contribution in [0.5, 0.6) is 0 Å². The number of benzene rings is 2. The summed E-state index contributed by atoms with van der Waals surface area (Å²) in [5.41, 5.74) is 6.33. The quantitative estimate of drug-likeness (QED) is 0.496. The van der Waals surface area contributed by atoms with E-state index in [1.165, 1.54) is 54.4 Å². The van der Waals surface area contributed by atoms with Crippen LogP contribution in [0, 0.1) is 39.5 Å². The Morgan fingerprint density at radius 1 is 0.600 bits per heavy atom. The van der Waals surface area contributed by atoms with E-state index in [-0.39, 0.29) is 11.8 Å². The first-order valence-corrected chi connectivity index (χ1v) is 13.5. The maximum absolute atomic E-state index is 12.7.